The van der Waals surface area contributed by atoms with Gasteiger partial charge in [0.2, 0.25) is 0 Å². The van der Waals surface area contributed by atoms with Gasteiger partial charge in [0.25, 0.3) is 5.91 Å². The van der Waals surface area contributed by atoms with Crippen molar-refractivity contribution in [3.05, 3.63) is 41.6 Å². The third-order valence-electron chi connectivity index (χ3n) is 2.39. The van der Waals surface area contributed by atoms with Gasteiger partial charge in [0.15, 0.2) is 0 Å². The second-order valence-electron chi connectivity index (χ2n) is 3.63. The molecule has 0 aliphatic rings. The van der Waals surface area contributed by atoms with Crippen molar-refractivity contribution in [1.82, 2.24) is 9.78 Å². The van der Waals surface area contributed by atoms with E-state index in [0.717, 1.165) is 0 Å². The van der Waals surface area contributed by atoms with Crippen LogP contribution in [0.3, 0.4) is 0 Å². The maximum Gasteiger partial charge on any atom is 0.283 e. The zero-order valence-corrected chi connectivity index (χ0v) is 9.68. The van der Waals surface area contributed by atoms with Gasteiger partial charge < -0.3 is 10.5 Å². The highest BCUT2D eigenvalue weighted by Crippen LogP contribution is 2.19. The van der Waals surface area contributed by atoms with Crippen LogP contribution in [0.4, 0.5) is 5.82 Å². The predicted molar refractivity (Wildman–Crippen MR) is 64.1 cm³/mol. The number of anilines is 1. The Kier molecular flexibility index (Phi) is 2.82. The van der Waals surface area contributed by atoms with Crippen LogP contribution in [0.5, 0.6) is 5.75 Å². The minimum atomic E-state index is -0.298. The molecular weight excluding hydrogens is 218 g/mol. The normalized spacial score (nSPS) is 10.2. The smallest absolute Gasteiger partial charge is 0.283 e. The summed E-state index contributed by atoms with van der Waals surface area (Å²) in [5.74, 6) is 0.525. The van der Waals surface area contributed by atoms with Crippen LogP contribution < -0.4 is 10.5 Å². The van der Waals surface area contributed by atoms with Gasteiger partial charge >= 0.3 is 0 Å². The molecule has 17 heavy (non-hydrogen) atoms. The third kappa shape index (κ3) is 1.99. The summed E-state index contributed by atoms with van der Waals surface area (Å²) in [7, 11) is 1.52. The topological polar surface area (TPSA) is 70.1 Å². The second-order valence-corrected chi connectivity index (χ2v) is 3.63. The molecule has 1 aromatic heterocycles. The summed E-state index contributed by atoms with van der Waals surface area (Å²) < 4.78 is 6.31. The van der Waals surface area contributed by atoms with E-state index in [2.05, 4.69) is 5.10 Å². The zero-order valence-electron chi connectivity index (χ0n) is 9.68. The summed E-state index contributed by atoms with van der Waals surface area (Å²) in [5.41, 5.74) is 6.84. The minimum absolute atomic E-state index is 0.298. The number of nitrogen functional groups attached to an aromatic ring is 1. The van der Waals surface area contributed by atoms with Gasteiger partial charge in [0.05, 0.1) is 18.4 Å². The maximum atomic E-state index is 12.2. The first-order valence-electron chi connectivity index (χ1n) is 5.13. The molecule has 2 rings (SSSR count). The van der Waals surface area contributed by atoms with Crippen molar-refractivity contribution in [2.24, 2.45) is 0 Å². The molecule has 1 heterocycles. The molecule has 0 spiro atoms. The SMILES string of the molecule is COc1ccccc1C(=O)n1nc(C)cc1N. The number of methoxy groups -OCH3 is 1. The Morgan fingerprint density at radius 1 is 1.41 bits per heavy atom. The van der Waals surface area contributed by atoms with Crippen molar-refractivity contribution in [1.29, 1.82) is 0 Å². The van der Waals surface area contributed by atoms with Gasteiger partial charge in [0, 0.05) is 6.07 Å². The number of carbonyl (C=O) groups is 1. The summed E-state index contributed by atoms with van der Waals surface area (Å²) in [5, 5.41) is 4.05. The third-order valence-corrected chi connectivity index (χ3v) is 2.39. The quantitative estimate of drug-likeness (QED) is 0.849. The first-order valence-corrected chi connectivity index (χ1v) is 5.13. The number of rotatable bonds is 2. The minimum Gasteiger partial charge on any atom is -0.496 e. The van der Waals surface area contributed by atoms with Crippen LogP contribution in [0.15, 0.2) is 30.3 Å². The molecule has 88 valence electrons. The summed E-state index contributed by atoms with van der Waals surface area (Å²) in [6.45, 7) is 1.78. The van der Waals surface area contributed by atoms with E-state index >= 15 is 0 Å². The fraction of sp³-hybridized carbons (Fsp3) is 0.167. The number of ether oxygens (including phenoxy) is 1. The lowest BCUT2D eigenvalue weighted by molar-refractivity contribution is 0.0944. The van der Waals surface area contributed by atoms with Gasteiger partial charge in [-0.25, -0.2) is 0 Å². The number of aryl methyl sites for hydroxylation is 1. The van der Waals surface area contributed by atoms with E-state index in [1.165, 1.54) is 11.8 Å². The molecule has 1 aromatic carbocycles. The van der Waals surface area contributed by atoms with Crippen LogP contribution in [0, 0.1) is 6.92 Å². The molecule has 2 N–H and O–H groups in total. The molecule has 0 radical (unpaired) electrons. The zero-order chi connectivity index (χ0) is 12.4. The van der Waals surface area contributed by atoms with Crippen molar-refractivity contribution in [3.63, 3.8) is 0 Å². The Hall–Kier alpha value is -2.30. The molecule has 0 aliphatic carbocycles. The van der Waals surface area contributed by atoms with Crippen molar-refractivity contribution in [2.75, 3.05) is 12.8 Å². The summed E-state index contributed by atoms with van der Waals surface area (Å²) in [6.07, 6.45) is 0. The molecule has 0 unspecified atom stereocenters. The van der Waals surface area contributed by atoms with Gasteiger partial charge in [-0.3, -0.25) is 4.79 Å². The first-order chi connectivity index (χ1) is 8.13. The van der Waals surface area contributed by atoms with Crippen molar-refractivity contribution in [2.45, 2.75) is 6.92 Å². The molecule has 0 atom stereocenters. The van der Waals surface area contributed by atoms with Crippen LogP contribution in [-0.4, -0.2) is 22.8 Å². The highest BCUT2D eigenvalue weighted by atomic mass is 16.5. The standard InChI is InChI=1S/C12H13N3O2/c1-8-7-11(13)15(14-8)12(16)9-5-3-4-6-10(9)17-2/h3-7H,13H2,1-2H3. The van der Waals surface area contributed by atoms with Crippen LogP contribution in [0.2, 0.25) is 0 Å². The molecule has 2 aromatic rings. The van der Waals surface area contributed by atoms with Crippen LogP contribution in [-0.2, 0) is 0 Å². The number of aromatic nitrogens is 2. The predicted octanol–water partition coefficient (Wildman–Crippen LogP) is 1.47. The molecule has 0 amide bonds. The van der Waals surface area contributed by atoms with Gasteiger partial charge in [-0.2, -0.15) is 9.78 Å². The first kappa shape index (κ1) is 11.2. The number of para-hydroxylation sites is 1. The number of benzene rings is 1. The fourth-order valence-corrected chi connectivity index (χ4v) is 1.62. The molecule has 0 aliphatic heterocycles. The van der Waals surface area contributed by atoms with Crippen molar-refractivity contribution < 1.29 is 9.53 Å². The number of nitrogens with two attached hydrogens (primary N) is 1. The van der Waals surface area contributed by atoms with E-state index in [0.29, 0.717) is 22.8 Å². The molecule has 5 nitrogen and oxygen atoms in total. The summed E-state index contributed by atoms with van der Waals surface area (Å²) >= 11 is 0. The van der Waals surface area contributed by atoms with E-state index in [1.807, 2.05) is 0 Å². The van der Waals surface area contributed by atoms with Gasteiger partial charge in [0.1, 0.15) is 11.6 Å². The van der Waals surface area contributed by atoms with Gasteiger partial charge in [-0.15, -0.1) is 0 Å². The highest BCUT2D eigenvalue weighted by Gasteiger charge is 2.16. The maximum absolute atomic E-state index is 12.2. The highest BCUT2D eigenvalue weighted by molar-refractivity contribution is 5.99. The second kappa shape index (κ2) is 4.29. The Morgan fingerprint density at radius 2 is 2.12 bits per heavy atom. The van der Waals surface area contributed by atoms with Crippen molar-refractivity contribution in [3.8, 4) is 5.75 Å². The lowest BCUT2D eigenvalue weighted by Crippen LogP contribution is -2.16. The molecule has 0 bridgehead atoms. The Labute approximate surface area is 98.8 Å². The summed E-state index contributed by atoms with van der Waals surface area (Å²) in [4.78, 5) is 12.2. The Balaban J connectivity index is 2.47. The van der Waals surface area contributed by atoms with Crippen LogP contribution in [0.25, 0.3) is 0 Å². The van der Waals surface area contributed by atoms with Gasteiger partial charge in [-0.1, -0.05) is 12.1 Å². The van der Waals surface area contributed by atoms with Crippen LogP contribution >= 0.6 is 0 Å². The fourth-order valence-electron chi connectivity index (χ4n) is 1.62. The van der Waals surface area contributed by atoms with Crippen molar-refractivity contribution >= 4 is 11.7 Å². The molecular formula is C12H13N3O2. The number of carbonyl (C=O) groups excluding carboxylic acids is 1. The molecule has 5 heteroatoms. The lowest BCUT2D eigenvalue weighted by Gasteiger charge is -2.07. The average Bonchev–Trinajstić information content (AvgIpc) is 2.67. The number of hydrogen-bond acceptors (Lipinski definition) is 4. The van der Waals surface area contributed by atoms with E-state index < -0.39 is 0 Å². The monoisotopic (exact) mass is 231 g/mol. The Bertz CT molecular complexity index is 561. The molecule has 0 saturated heterocycles. The average molecular weight is 231 g/mol. The lowest BCUT2D eigenvalue weighted by atomic mass is 10.2. The number of hydrogen-bond donors (Lipinski definition) is 1. The summed E-state index contributed by atoms with van der Waals surface area (Å²) in [6, 6.07) is 8.61. The molecule has 0 saturated carbocycles. The van der Waals surface area contributed by atoms with E-state index in [1.54, 1.807) is 37.3 Å². The van der Waals surface area contributed by atoms with Gasteiger partial charge in [-0.05, 0) is 19.1 Å². The molecule has 0 fully saturated rings. The Morgan fingerprint density at radius 3 is 2.71 bits per heavy atom. The van der Waals surface area contributed by atoms with E-state index in [4.69, 9.17) is 10.5 Å². The largest absolute Gasteiger partial charge is 0.496 e. The van der Waals surface area contributed by atoms with E-state index in [9.17, 15) is 4.79 Å². The van der Waals surface area contributed by atoms with Crippen LogP contribution in [0.1, 0.15) is 16.1 Å². The number of nitrogens with zero attached hydrogens (tertiary/aromatic N) is 2. The van der Waals surface area contributed by atoms with E-state index in [-0.39, 0.29) is 5.91 Å².